The molecule has 0 aromatic heterocycles. The molecule has 0 aliphatic rings. The Labute approximate surface area is 50.0 Å². The highest BCUT2D eigenvalue weighted by atomic mass is 19.4. The molecule has 0 aromatic rings. The van der Waals surface area contributed by atoms with Gasteiger partial charge in [0.05, 0.1) is 12.5 Å². The fraction of sp³-hybridized carbons (Fsp3) is 1.00. The van der Waals surface area contributed by atoms with Crippen LogP contribution in [0.25, 0.3) is 0 Å². The Balaban J connectivity index is 3.59. The predicted octanol–water partition coefficient (Wildman–Crippen LogP) is 2.09. The van der Waals surface area contributed by atoms with Crippen molar-refractivity contribution in [2.45, 2.75) is 25.6 Å². The lowest BCUT2D eigenvalue weighted by molar-refractivity contribution is -0.137. The first-order chi connectivity index (χ1) is 3.95. The third kappa shape index (κ3) is 5.26. The summed E-state index contributed by atoms with van der Waals surface area (Å²) in [7, 11) is 0. The van der Waals surface area contributed by atoms with Crippen molar-refractivity contribution in [2.24, 2.45) is 5.18 Å². The molecule has 0 saturated carbocycles. The molecule has 9 heavy (non-hydrogen) atoms. The van der Waals surface area contributed by atoms with Gasteiger partial charge in [-0.15, -0.1) is 0 Å². The van der Waals surface area contributed by atoms with Crippen molar-refractivity contribution < 1.29 is 13.2 Å². The molecular weight excluding hydrogens is 135 g/mol. The Morgan fingerprint density at radius 2 is 2.00 bits per heavy atom. The van der Waals surface area contributed by atoms with Gasteiger partial charge in [-0.3, -0.25) is 0 Å². The molecule has 0 bridgehead atoms. The fourth-order valence-corrected chi connectivity index (χ4v) is 0.372. The zero-order chi connectivity index (χ0) is 7.49. The number of halogens is 3. The standard InChI is InChI=1S/C4H6F3NO/c1-3(8-9)2-4(5,6)7/h3H,2H2,1H3. The van der Waals surface area contributed by atoms with Crippen molar-refractivity contribution in [2.75, 3.05) is 0 Å². The van der Waals surface area contributed by atoms with Crippen LogP contribution in [0.3, 0.4) is 0 Å². The van der Waals surface area contributed by atoms with Gasteiger partial charge >= 0.3 is 6.18 Å². The maximum absolute atomic E-state index is 11.3. The smallest absolute Gasteiger partial charge is 0.171 e. The van der Waals surface area contributed by atoms with Crippen LogP contribution < -0.4 is 0 Å². The Bertz CT molecular complexity index is 100. The van der Waals surface area contributed by atoms with E-state index in [1.54, 1.807) is 0 Å². The number of nitroso groups, excluding NO2 is 1. The average molecular weight is 141 g/mol. The second-order valence-corrected chi connectivity index (χ2v) is 1.77. The highest BCUT2D eigenvalue weighted by molar-refractivity contribution is 4.63. The molecule has 1 atom stereocenters. The maximum atomic E-state index is 11.3. The number of rotatable bonds is 2. The van der Waals surface area contributed by atoms with E-state index < -0.39 is 18.6 Å². The van der Waals surface area contributed by atoms with Crippen molar-refractivity contribution in [1.29, 1.82) is 0 Å². The van der Waals surface area contributed by atoms with Gasteiger partial charge in [-0.05, 0) is 6.92 Å². The van der Waals surface area contributed by atoms with Gasteiger partial charge in [-0.2, -0.15) is 18.1 Å². The van der Waals surface area contributed by atoms with Gasteiger partial charge in [0.2, 0.25) is 0 Å². The molecule has 54 valence electrons. The van der Waals surface area contributed by atoms with Crippen molar-refractivity contribution >= 4 is 0 Å². The van der Waals surface area contributed by atoms with Crippen LogP contribution in [0.15, 0.2) is 5.18 Å². The molecule has 0 N–H and O–H groups in total. The Morgan fingerprint density at radius 1 is 1.56 bits per heavy atom. The Hall–Kier alpha value is -0.610. The molecule has 0 radical (unpaired) electrons. The zero-order valence-electron chi connectivity index (χ0n) is 4.77. The Kier molecular flexibility index (Phi) is 2.61. The average Bonchev–Trinajstić information content (AvgIpc) is 1.62. The van der Waals surface area contributed by atoms with Crippen LogP contribution in [-0.2, 0) is 0 Å². The van der Waals surface area contributed by atoms with Crippen LogP contribution in [0, 0.1) is 4.91 Å². The summed E-state index contributed by atoms with van der Waals surface area (Å²) in [6, 6.07) is -1.16. The lowest BCUT2D eigenvalue weighted by Gasteiger charge is -2.05. The summed E-state index contributed by atoms with van der Waals surface area (Å²) in [6.45, 7) is 1.13. The van der Waals surface area contributed by atoms with Gasteiger partial charge < -0.3 is 0 Å². The van der Waals surface area contributed by atoms with Crippen LogP contribution in [-0.4, -0.2) is 12.2 Å². The van der Waals surface area contributed by atoms with E-state index in [0.717, 1.165) is 6.92 Å². The first kappa shape index (κ1) is 8.39. The molecule has 0 aromatic carbocycles. The van der Waals surface area contributed by atoms with Crippen LogP contribution in [0.5, 0.6) is 0 Å². The molecule has 0 saturated heterocycles. The third-order valence-corrected chi connectivity index (χ3v) is 0.707. The first-order valence-corrected chi connectivity index (χ1v) is 2.35. The van der Waals surface area contributed by atoms with E-state index in [-0.39, 0.29) is 0 Å². The van der Waals surface area contributed by atoms with Crippen LogP contribution in [0.2, 0.25) is 0 Å². The summed E-state index contributed by atoms with van der Waals surface area (Å²) in [5, 5.41) is 2.20. The molecule has 0 aliphatic heterocycles. The van der Waals surface area contributed by atoms with E-state index in [1.165, 1.54) is 0 Å². The number of hydrogen-bond donors (Lipinski definition) is 0. The van der Waals surface area contributed by atoms with Crippen molar-refractivity contribution in [3.8, 4) is 0 Å². The van der Waals surface area contributed by atoms with Crippen molar-refractivity contribution in [3.05, 3.63) is 4.91 Å². The lowest BCUT2D eigenvalue weighted by atomic mass is 10.2. The summed E-state index contributed by atoms with van der Waals surface area (Å²) in [5.41, 5.74) is 0. The Morgan fingerprint density at radius 3 is 2.11 bits per heavy atom. The molecule has 0 heterocycles. The number of nitrogens with zero attached hydrogens (tertiary/aromatic N) is 1. The molecule has 0 amide bonds. The largest absolute Gasteiger partial charge is 0.391 e. The second-order valence-electron chi connectivity index (χ2n) is 1.77. The van der Waals surface area contributed by atoms with E-state index in [4.69, 9.17) is 0 Å². The molecule has 1 unspecified atom stereocenters. The second kappa shape index (κ2) is 2.80. The normalized spacial score (nSPS) is 15.1. The van der Waals surface area contributed by atoms with Crippen LogP contribution >= 0.6 is 0 Å². The van der Waals surface area contributed by atoms with Gasteiger partial charge in [0.1, 0.15) is 0 Å². The predicted molar refractivity (Wildman–Crippen MR) is 25.9 cm³/mol. The molecular formula is C4H6F3NO. The fourth-order valence-electron chi connectivity index (χ4n) is 0.372. The van der Waals surface area contributed by atoms with E-state index in [9.17, 15) is 18.1 Å². The molecule has 0 aliphatic carbocycles. The topological polar surface area (TPSA) is 29.4 Å². The van der Waals surface area contributed by atoms with Crippen LogP contribution in [0.1, 0.15) is 13.3 Å². The minimum Gasteiger partial charge on any atom is -0.171 e. The summed E-state index contributed by atoms with van der Waals surface area (Å²) >= 11 is 0. The van der Waals surface area contributed by atoms with Gasteiger partial charge in [-0.1, -0.05) is 5.18 Å². The highest BCUT2D eigenvalue weighted by Gasteiger charge is 2.30. The van der Waals surface area contributed by atoms with E-state index >= 15 is 0 Å². The number of hydrogen-bond acceptors (Lipinski definition) is 2. The third-order valence-electron chi connectivity index (χ3n) is 0.707. The SMILES string of the molecule is CC(CC(F)(F)F)N=O. The van der Waals surface area contributed by atoms with E-state index in [0.29, 0.717) is 0 Å². The molecule has 0 fully saturated rings. The maximum Gasteiger partial charge on any atom is 0.391 e. The van der Waals surface area contributed by atoms with Crippen molar-refractivity contribution in [1.82, 2.24) is 0 Å². The number of alkyl halides is 3. The first-order valence-electron chi connectivity index (χ1n) is 2.35. The summed E-state index contributed by atoms with van der Waals surface area (Å²) in [6.07, 6.45) is -5.40. The quantitative estimate of drug-likeness (QED) is 0.541. The zero-order valence-corrected chi connectivity index (χ0v) is 4.77. The van der Waals surface area contributed by atoms with Gasteiger partial charge in [-0.25, -0.2) is 0 Å². The summed E-state index contributed by atoms with van der Waals surface area (Å²) in [4.78, 5) is 9.43. The summed E-state index contributed by atoms with van der Waals surface area (Å²) in [5.74, 6) is 0. The minimum absolute atomic E-state index is 1.13. The molecule has 2 nitrogen and oxygen atoms in total. The van der Waals surface area contributed by atoms with Gasteiger partial charge in [0.25, 0.3) is 0 Å². The van der Waals surface area contributed by atoms with E-state index in [1.807, 2.05) is 0 Å². The molecule has 5 heteroatoms. The highest BCUT2D eigenvalue weighted by Crippen LogP contribution is 2.22. The van der Waals surface area contributed by atoms with E-state index in [2.05, 4.69) is 5.18 Å². The minimum atomic E-state index is -4.27. The molecule has 0 rings (SSSR count). The van der Waals surface area contributed by atoms with Crippen molar-refractivity contribution in [3.63, 3.8) is 0 Å². The van der Waals surface area contributed by atoms with Crippen LogP contribution in [0.4, 0.5) is 13.2 Å². The summed E-state index contributed by atoms with van der Waals surface area (Å²) < 4.78 is 33.9. The molecule has 0 spiro atoms. The monoisotopic (exact) mass is 141 g/mol. The van der Waals surface area contributed by atoms with Gasteiger partial charge in [0.15, 0.2) is 0 Å². The lowest BCUT2D eigenvalue weighted by Crippen LogP contribution is -2.14. The van der Waals surface area contributed by atoms with Gasteiger partial charge in [0, 0.05) is 0 Å².